The van der Waals surface area contributed by atoms with Gasteiger partial charge in [0.25, 0.3) is 5.56 Å². The predicted octanol–water partition coefficient (Wildman–Crippen LogP) is 5.73. The van der Waals surface area contributed by atoms with E-state index in [0.29, 0.717) is 0 Å². The smallest absolute Gasteiger partial charge is 0.252 e. The van der Waals surface area contributed by atoms with Gasteiger partial charge >= 0.3 is 0 Å². The third-order valence-electron chi connectivity index (χ3n) is 4.27. The molecule has 2 N–H and O–H groups in total. The van der Waals surface area contributed by atoms with Crippen LogP contribution in [0.25, 0.3) is 33.1 Å². The van der Waals surface area contributed by atoms with Crippen LogP contribution in [0.4, 0.5) is 0 Å². The number of pyridine rings is 1. The number of thioether (sulfide) groups is 1. The van der Waals surface area contributed by atoms with E-state index in [1.54, 1.807) is 11.8 Å². The van der Waals surface area contributed by atoms with Gasteiger partial charge in [0.1, 0.15) is 0 Å². The highest BCUT2D eigenvalue weighted by molar-refractivity contribution is 7.98. The van der Waals surface area contributed by atoms with Crippen molar-refractivity contribution < 1.29 is 0 Å². The molecule has 4 heteroatoms. The molecule has 0 atom stereocenters. The van der Waals surface area contributed by atoms with E-state index in [9.17, 15) is 4.79 Å². The fourth-order valence-corrected chi connectivity index (χ4v) is 3.57. The van der Waals surface area contributed by atoms with Crippen molar-refractivity contribution in [3.8, 4) is 11.1 Å². The van der Waals surface area contributed by atoms with Gasteiger partial charge in [0.15, 0.2) is 0 Å². The Morgan fingerprint density at radius 2 is 1.68 bits per heavy atom. The van der Waals surface area contributed by atoms with E-state index in [1.165, 1.54) is 4.90 Å². The summed E-state index contributed by atoms with van der Waals surface area (Å²) >= 11 is 1.70. The molecule has 4 rings (SSSR count). The molecule has 0 spiro atoms. The second-order valence-corrected chi connectivity index (χ2v) is 6.49. The van der Waals surface area contributed by atoms with Gasteiger partial charge in [0.2, 0.25) is 0 Å². The fourth-order valence-electron chi connectivity index (χ4n) is 3.11. The lowest BCUT2D eigenvalue weighted by molar-refractivity contribution is 1.24. The van der Waals surface area contributed by atoms with E-state index >= 15 is 0 Å². The minimum Gasteiger partial charge on any atom is -0.353 e. The summed E-state index contributed by atoms with van der Waals surface area (Å²) in [5, 5.41) is 1.04. The van der Waals surface area contributed by atoms with Gasteiger partial charge in [-0.15, -0.1) is 11.8 Å². The first kappa shape index (κ1) is 17.4. The Morgan fingerprint density at radius 3 is 2.44 bits per heavy atom. The van der Waals surface area contributed by atoms with Crippen LogP contribution in [0.15, 0.2) is 58.2 Å². The second kappa shape index (κ2) is 7.19. The van der Waals surface area contributed by atoms with Crippen molar-refractivity contribution in [1.29, 1.82) is 0 Å². The van der Waals surface area contributed by atoms with Crippen molar-refractivity contribution in [3.63, 3.8) is 0 Å². The number of hydrogen-bond acceptors (Lipinski definition) is 2. The van der Waals surface area contributed by atoms with Crippen molar-refractivity contribution in [2.45, 2.75) is 25.7 Å². The summed E-state index contributed by atoms with van der Waals surface area (Å²) in [5.74, 6) is 0. The van der Waals surface area contributed by atoms with Gasteiger partial charge in [-0.2, -0.15) is 0 Å². The van der Waals surface area contributed by atoms with Crippen LogP contribution in [0.3, 0.4) is 0 Å². The average molecular weight is 350 g/mol. The summed E-state index contributed by atoms with van der Waals surface area (Å²) in [6.07, 6.45) is 2.06. The number of aromatic amines is 2. The van der Waals surface area contributed by atoms with Crippen LogP contribution in [0.2, 0.25) is 0 Å². The Labute approximate surface area is 151 Å². The average Bonchev–Trinajstić information content (AvgIpc) is 3.02. The van der Waals surface area contributed by atoms with Crippen LogP contribution in [0.5, 0.6) is 0 Å². The SMILES string of the molecule is CC.CSc1cccc(-c2c(C)c(=O)[nH]c3c2[nH]c2ccccc23)c1. The topological polar surface area (TPSA) is 48.6 Å². The van der Waals surface area contributed by atoms with Gasteiger partial charge in [-0.3, -0.25) is 4.79 Å². The monoisotopic (exact) mass is 350 g/mol. The maximum absolute atomic E-state index is 12.4. The molecule has 0 aliphatic carbocycles. The van der Waals surface area contributed by atoms with Gasteiger partial charge in [-0.25, -0.2) is 0 Å². The molecule has 0 aliphatic heterocycles. The maximum Gasteiger partial charge on any atom is 0.252 e. The molecule has 0 aliphatic rings. The fraction of sp³-hybridized carbons (Fsp3) is 0.190. The third kappa shape index (κ3) is 2.98. The molecule has 2 aromatic carbocycles. The number of hydrogen-bond donors (Lipinski definition) is 2. The van der Waals surface area contributed by atoms with Crippen LogP contribution < -0.4 is 5.56 Å². The highest BCUT2D eigenvalue weighted by Gasteiger charge is 2.15. The van der Waals surface area contributed by atoms with Crippen LogP contribution in [-0.2, 0) is 0 Å². The first-order valence-electron chi connectivity index (χ1n) is 8.47. The van der Waals surface area contributed by atoms with Crippen molar-refractivity contribution in [2.75, 3.05) is 6.26 Å². The number of H-pyrrole nitrogens is 2. The van der Waals surface area contributed by atoms with E-state index in [1.807, 2.05) is 51.1 Å². The van der Waals surface area contributed by atoms with Crippen molar-refractivity contribution in [2.24, 2.45) is 0 Å². The lowest BCUT2D eigenvalue weighted by Gasteiger charge is -2.09. The summed E-state index contributed by atoms with van der Waals surface area (Å²) < 4.78 is 0. The Morgan fingerprint density at radius 1 is 0.920 bits per heavy atom. The summed E-state index contributed by atoms with van der Waals surface area (Å²) in [6.45, 7) is 5.88. The molecule has 0 bridgehead atoms. The first-order chi connectivity index (χ1) is 12.2. The molecule has 0 unspecified atom stereocenters. The Kier molecular flexibility index (Phi) is 5.00. The summed E-state index contributed by atoms with van der Waals surface area (Å²) in [5.41, 5.74) is 5.65. The van der Waals surface area contributed by atoms with Crippen molar-refractivity contribution >= 4 is 33.7 Å². The van der Waals surface area contributed by atoms with Crippen LogP contribution in [0, 0.1) is 6.92 Å². The number of nitrogens with one attached hydrogen (secondary N) is 2. The van der Waals surface area contributed by atoms with Gasteiger partial charge in [0, 0.05) is 26.9 Å². The van der Waals surface area contributed by atoms with Crippen LogP contribution in [-0.4, -0.2) is 16.2 Å². The molecule has 2 heterocycles. The highest BCUT2D eigenvalue weighted by atomic mass is 32.2. The molecule has 0 amide bonds. The summed E-state index contributed by atoms with van der Waals surface area (Å²) in [7, 11) is 0. The molecule has 2 aromatic heterocycles. The zero-order valence-corrected chi connectivity index (χ0v) is 15.8. The van der Waals surface area contributed by atoms with Crippen molar-refractivity contribution in [1.82, 2.24) is 9.97 Å². The normalized spacial score (nSPS) is 10.7. The van der Waals surface area contributed by atoms with Crippen LogP contribution >= 0.6 is 11.8 Å². The minimum atomic E-state index is -0.0354. The predicted molar refractivity (Wildman–Crippen MR) is 110 cm³/mol. The van der Waals surface area contributed by atoms with Gasteiger partial charge in [-0.05, 0) is 36.9 Å². The number of fused-ring (bicyclic) bond motifs is 3. The maximum atomic E-state index is 12.4. The largest absolute Gasteiger partial charge is 0.353 e. The molecular weight excluding hydrogens is 328 g/mol. The molecule has 0 fully saturated rings. The number of aromatic nitrogens is 2. The lowest BCUT2D eigenvalue weighted by atomic mass is 10.0. The molecule has 25 heavy (non-hydrogen) atoms. The van der Waals surface area contributed by atoms with E-state index in [4.69, 9.17) is 0 Å². The molecular formula is C21H22N2OS. The van der Waals surface area contributed by atoms with E-state index < -0.39 is 0 Å². The zero-order chi connectivity index (χ0) is 18.0. The highest BCUT2D eigenvalue weighted by Crippen LogP contribution is 2.34. The van der Waals surface area contributed by atoms with Gasteiger partial charge < -0.3 is 9.97 Å². The minimum absolute atomic E-state index is 0.0354. The second-order valence-electron chi connectivity index (χ2n) is 5.61. The molecule has 128 valence electrons. The van der Waals surface area contributed by atoms with E-state index in [0.717, 1.165) is 38.6 Å². The number of rotatable bonds is 2. The molecule has 3 nitrogen and oxygen atoms in total. The Bertz CT molecular complexity index is 1090. The molecule has 4 aromatic rings. The lowest BCUT2D eigenvalue weighted by Crippen LogP contribution is -2.10. The molecule has 0 radical (unpaired) electrons. The Hall–Kier alpha value is -2.46. The quantitative estimate of drug-likeness (QED) is 0.453. The van der Waals surface area contributed by atoms with E-state index in [-0.39, 0.29) is 5.56 Å². The molecule has 0 saturated heterocycles. The third-order valence-corrected chi connectivity index (χ3v) is 4.99. The number of para-hydroxylation sites is 1. The number of benzene rings is 2. The first-order valence-corrected chi connectivity index (χ1v) is 9.69. The van der Waals surface area contributed by atoms with Gasteiger partial charge in [-0.1, -0.05) is 44.2 Å². The van der Waals surface area contributed by atoms with Crippen LogP contribution in [0.1, 0.15) is 19.4 Å². The summed E-state index contributed by atoms with van der Waals surface area (Å²) in [4.78, 5) is 20.1. The summed E-state index contributed by atoms with van der Waals surface area (Å²) in [6, 6.07) is 16.4. The van der Waals surface area contributed by atoms with Gasteiger partial charge in [0.05, 0.1) is 11.0 Å². The van der Waals surface area contributed by atoms with E-state index in [2.05, 4.69) is 34.4 Å². The zero-order valence-electron chi connectivity index (χ0n) is 14.9. The van der Waals surface area contributed by atoms with Crippen molar-refractivity contribution in [3.05, 3.63) is 64.4 Å². The Balaban J connectivity index is 0.000000880. The molecule has 0 saturated carbocycles. The standard InChI is InChI=1S/C19H16N2OS.C2H6/c1-11-16(12-6-5-7-13(10-12)23-2)18-17(21-19(11)22)14-8-3-4-9-15(14)20-18;1-2/h3-10,20H,1-2H3,(H,21,22);1-2H3.